The van der Waals surface area contributed by atoms with E-state index in [0.29, 0.717) is 31.3 Å². The number of hydrogen-bond acceptors (Lipinski definition) is 3. The van der Waals surface area contributed by atoms with Gasteiger partial charge >= 0.3 is 0 Å². The smallest absolute Gasteiger partial charge is 0.191 e. The Hall–Kier alpha value is -2.43. The van der Waals surface area contributed by atoms with E-state index in [0.717, 1.165) is 35.8 Å². The van der Waals surface area contributed by atoms with Crippen LogP contribution in [0.2, 0.25) is 0 Å². The van der Waals surface area contributed by atoms with E-state index in [-0.39, 0.29) is 30.0 Å². The molecule has 0 bridgehead atoms. The summed E-state index contributed by atoms with van der Waals surface area (Å²) in [5.41, 5.74) is 3.59. The Kier molecular flexibility index (Phi) is 7.69. The number of halogens is 3. The van der Waals surface area contributed by atoms with Crippen molar-refractivity contribution in [3.05, 3.63) is 65.6 Å². The number of nitrogens with one attached hydrogen (secondary N) is 2. The van der Waals surface area contributed by atoms with Gasteiger partial charge in [0, 0.05) is 57.6 Å². The second-order valence-corrected chi connectivity index (χ2v) is 7.57. The molecular weight excluding hydrogens is 513 g/mol. The number of aryl methyl sites for hydroxylation is 1. The fraction of sp³-hybridized carbons (Fsp3) is 0.364. The summed E-state index contributed by atoms with van der Waals surface area (Å²) >= 11 is 0. The number of hydrogen-bond donors (Lipinski definition) is 2. The molecule has 0 radical (unpaired) electrons. The lowest BCUT2D eigenvalue weighted by Gasteiger charge is -2.21. The molecule has 0 aliphatic carbocycles. The maximum atomic E-state index is 14.0. The Bertz CT molecular complexity index is 1070. The highest BCUT2D eigenvalue weighted by Crippen LogP contribution is 2.24. The number of guanidine groups is 1. The SMILES string of the molecule is CN=C(NCCc1cn2cccc(C)c2n1)NC1CCN(c2ccc(F)cc2F)C1.I. The molecule has 3 aromatic rings. The van der Waals surface area contributed by atoms with Crippen molar-refractivity contribution in [3.63, 3.8) is 0 Å². The van der Waals surface area contributed by atoms with Gasteiger partial charge in [-0.1, -0.05) is 6.07 Å². The number of pyridine rings is 1. The molecule has 0 amide bonds. The van der Waals surface area contributed by atoms with Gasteiger partial charge in [0.2, 0.25) is 0 Å². The van der Waals surface area contributed by atoms with Crippen molar-refractivity contribution < 1.29 is 8.78 Å². The van der Waals surface area contributed by atoms with Gasteiger partial charge in [-0.25, -0.2) is 13.8 Å². The molecule has 3 heterocycles. The summed E-state index contributed by atoms with van der Waals surface area (Å²) in [6.45, 7) is 4.09. The van der Waals surface area contributed by atoms with E-state index in [9.17, 15) is 8.78 Å². The van der Waals surface area contributed by atoms with Crippen LogP contribution in [0.15, 0.2) is 47.7 Å². The average molecular weight is 540 g/mol. The molecule has 6 nitrogen and oxygen atoms in total. The van der Waals surface area contributed by atoms with Crippen molar-refractivity contribution in [1.82, 2.24) is 20.0 Å². The van der Waals surface area contributed by atoms with E-state index < -0.39 is 11.6 Å². The largest absolute Gasteiger partial charge is 0.367 e. The third-order valence-electron chi connectivity index (χ3n) is 5.40. The zero-order chi connectivity index (χ0) is 21.1. The van der Waals surface area contributed by atoms with Crippen LogP contribution in [0.3, 0.4) is 0 Å². The van der Waals surface area contributed by atoms with Gasteiger partial charge in [0.25, 0.3) is 0 Å². The van der Waals surface area contributed by atoms with Crippen LogP contribution in [0.1, 0.15) is 17.7 Å². The summed E-state index contributed by atoms with van der Waals surface area (Å²) in [4.78, 5) is 10.9. The van der Waals surface area contributed by atoms with Gasteiger partial charge in [-0.2, -0.15) is 0 Å². The van der Waals surface area contributed by atoms with Gasteiger partial charge in [-0.15, -0.1) is 24.0 Å². The summed E-state index contributed by atoms with van der Waals surface area (Å²) in [6.07, 6.45) is 5.68. The normalized spacial score (nSPS) is 16.5. The molecular formula is C22H27F2IN6. The highest BCUT2D eigenvalue weighted by Gasteiger charge is 2.25. The first kappa shape index (κ1) is 23.2. The number of rotatable bonds is 5. The van der Waals surface area contributed by atoms with Crippen LogP contribution in [0.25, 0.3) is 5.65 Å². The van der Waals surface area contributed by atoms with Crippen molar-refractivity contribution in [2.75, 3.05) is 31.6 Å². The molecule has 1 aliphatic rings. The molecule has 0 saturated carbocycles. The lowest BCUT2D eigenvalue weighted by atomic mass is 10.2. The second-order valence-electron chi connectivity index (χ2n) is 7.57. The van der Waals surface area contributed by atoms with Gasteiger partial charge in [0.15, 0.2) is 5.96 Å². The third kappa shape index (κ3) is 5.44. The number of anilines is 1. The predicted molar refractivity (Wildman–Crippen MR) is 131 cm³/mol. The Labute approximate surface area is 197 Å². The van der Waals surface area contributed by atoms with Gasteiger partial charge in [-0.05, 0) is 37.1 Å². The zero-order valence-corrected chi connectivity index (χ0v) is 19.9. The average Bonchev–Trinajstić information content (AvgIpc) is 3.35. The lowest BCUT2D eigenvalue weighted by molar-refractivity contribution is 0.580. The van der Waals surface area contributed by atoms with Crippen molar-refractivity contribution in [1.29, 1.82) is 0 Å². The Balaban J connectivity index is 0.00000272. The number of fused-ring (bicyclic) bond motifs is 1. The minimum absolute atomic E-state index is 0. The van der Waals surface area contributed by atoms with Crippen molar-refractivity contribution in [2.45, 2.75) is 25.8 Å². The fourth-order valence-corrected chi connectivity index (χ4v) is 3.86. The highest BCUT2D eigenvalue weighted by molar-refractivity contribution is 14.0. The zero-order valence-electron chi connectivity index (χ0n) is 17.6. The van der Waals surface area contributed by atoms with Gasteiger partial charge in [0.1, 0.15) is 17.3 Å². The molecule has 9 heteroatoms. The maximum absolute atomic E-state index is 14.0. The summed E-state index contributed by atoms with van der Waals surface area (Å²) in [7, 11) is 1.73. The molecule has 1 saturated heterocycles. The standard InChI is InChI=1S/C22H26F2N6.HI/c1-15-4-3-10-30-14-17(27-21(15)30)7-9-26-22(25-2)28-18-8-11-29(13-18)20-6-5-16(23)12-19(20)24;/h3-6,10,12,14,18H,7-9,11,13H2,1-2H3,(H2,25,26,28);1H. The van der Waals surface area contributed by atoms with Crippen LogP contribution >= 0.6 is 24.0 Å². The molecule has 1 aliphatic heterocycles. The monoisotopic (exact) mass is 540 g/mol. The van der Waals surface area contributed by atoms with Crippen LogP contribution in [0, 0.1) is 18.6 Å². The first-order chi connectivity index (χ1) is 14.5. The second kappa shape index (κ2) is 10.3. The first-order valence-corrected chi connectivity index (χ1v) is 10.1. The summed E-state index contributed by atoms with van der Waals surface area (Å²) in [6, 6.07) is 7.92. The molecule has 1 atom stereocenters. The minimum atomic E-state index is -0.560. The van der Waals surface area contributed by atoms with Crippen molar-refractivity contribution in [2.24, 2.45) is 4.99 Å². The number of benzene rings is 1. The van der Waals surface area contributed by atoms with E-state index >= 15 is 0 Å². The van der Waals surface area contributed by atoms with Crippen LogP contribution in [0.4, 0.5) is 14.5 Å². The van der Waals surface area contributed by atoms with Crippen LogP contribution in [0.5, 0.6) is 0 Å². The van der Waals surface area contributed by atoms with E-state index in [1.54, 1.807) is 7.05 Å². The molecule has 166 valence electrons. The Morgan fingerprint density at radius 3 is 2.87 bits per heavy atom. The first-order valence-electron chi connectivity index (χ1n) is 10.1. The molecule has 1 fully saturated rings. The van der Waals surface area contributed by atoms with E-state index in [1.165, 1.54) is 12.1 Å². The molecule has 1 unspecified atom stereocenters. The lowest BCUT2D eigenvalue weighted by Crippen LogP contribution is -2.45. The Morgan fingerprint density at radius 1 is 1.29 bits per heavy atom. The van der Waals surface area contributed by atoms with Gasteiger partial charge < -0.3 is 19.9 Å². The van der Waals surface area contributed by atoms with E-state index in [4.69, 9.17) is 0 Å². The number of aromatic nitrogens is 2. The van der Waals surface area contributed by atoms with Crippen LogP contribution in [-0.4, -0.2) is 48.1 Å². The molecule has 4 rings (SSSR count). The van der Waals surface area contributed by atoms with Crippen molar-refractivity contribution in [3.8, 4) is 0 Å². The summed E-state index contributed by atoms with van der Waals surface area (Å²) in [5, 5.41) is 6.72. The number of nitrogens with zero attached hydrogens (tertiary/aromatic N) is 4. The quantitative estimate of drug-likeness (QED) is 0.296. The maximum Gasteiger partial charge on any atom is 0.191 e. The van der Waals surface area contributed by atoms with Crippen LogP contribution in [-0.2, 0) is 6.42 Å². The molecule has 2 N–H and O–H groups in total. The van der Waals surface area contributed by atoms with Crippen LogP contribution < -0.4 is 15.5 Å². The minimum Gasteiger partial charge on any atom is -0.367 e. The topological polar surface area (TPSA) is 57.0 Å². The number of imidazole rings is 1. The summed E-state index contributed by atoms with van der Waals surface area (Å²) in [5.74, 6) is -0.377. The van der Waals surface area contributed by atoms with E-state index in [1.807, 2.05) is 27.8 Å². The summed E-state index contributed by atoms with van der Waals surface area (Å²) < 4.78 is 29.2. The predicted octanol–water partition coefficient (Wildman–Crippen LogP) is 3.53. The van der Waals surface area contributed by atoms with Crippen molar-refractivity contribution >= 4 is 41.3 Å². The molecule has 2 aromatic heterocycles. The fourth-order valence-electron chi connectivity index (χ4n) is 3.86. The molecule has 31 heavy (non-hydrogen) atoms. The molecule has 0 spiro atoms. The van der Waals surface area contributed by atoms with Gasteiger partial charge in [0.05, 0.1) is 11.4 Å². The number of aliphatic imine (C=N–C) groups is 1. The molecule has 1 aromatic carbocycles. The highest BCUT2D eigenvalue weighted by atomic mass is 127. The van der Waals surface area contributed by atoms with E-state index in [2.05, 4.69) is 33.6 Å². The van der Waals surface area contributed by atoms with Gasteiger partial charge in [-0.3, -0.25) is 4.99 Å². The third-order valence-corrected chi connectivity index (χ3v) is 5.40. The Morgan fingerprint density at radius 2 is 2.13 bits per heavy atom.